The van der Waals surface area contributed by atoms with Gasteiger partial charge in [0.05, 0.1) is 9.73 Å². The van der Waals surface area contributed by atoms with E-state index in [-0.39, 0.29) is 6.04 Å². The van der Waals surface area contributed by atoms with Crippen molar-refractivity contribution in [2.45, 2.75) is 13.0 Å². The van der Waals surface area contributed by atoms with Gasteiger partial charge in [0, 0.05) is 44.7 Å². The van der Waals surface area contributed by atoms with E-state index in [9.17, 15) is 12.6 Å². The Morgan fingerprint density at radius 3 is 2.05 bits per heavy atom. The first kappa shape index (κ1) is 17.4. The van der Waals surface area contributed by atoms with Gasteiger partial charge in [-0.25, -0.2) is 4.21 Å². The maximum atomic E-state index is 12.1. The van der Waals surface area contributed by atoms with Crippen molar-refractivity contribution in [1.29, 1.82) is 0 Å². The molecule has 0 aliphatic carbocycles. The minimum Gasteiger partial charge on any atom is -0.294 e. The molecule has 0 unspecified atom stereocenters. The van der Waals surface area contributed by atoms with Gasteiger partial charge in [0.25, 0.3) is 0 Å². The first-order chi connectivity index (χ1) is 10.2. The quantitative estimate of drug-likeness (QED) is 0.826. The molecule has 1 fully saturated rings. The third-order valence-corrected chi connectivity index (χ3v) is 6.91. The first-order valence-electron chi connectivity index (χ1n) is 7.16. The lowest BCUT2D eigenvalue weighted by Crippen LogP contribution is -2.48. The van der Waals surface area contributed by atoms with Gasteiger partial charge in [-0.05, 0) is 12.5 Å². The van der Waals surface area contributed by atoms with Crippen LogP contribution < -0.4 is 0 Å². The molecule has 0 spiro atoms. The smallest absolute Gasteiger partial charge is 0.294 e. The molecule has 1 aliphatic rings. The van der Waals surface area contributed by atoms with E-state index in [1.165, 1.54) is 22.4 Å². The molecule has 0 saturated carbocycles. The maximum absolute atomic E-state index is 12.1. The van der Waals surface area contributed by atoms with Gasteiger partial charge in [-0.2, -0.15) is 12.7 Å². The van der Waals surface area contributed by atoms with Crippen LogP contribution in [-0.4, -0.2) is 60.5 Å². The van der Waals surface area contributed by atoms with Crippen LogP contribution in [0.25, 0.3) is 0 Å². The first-order valence-corrected chi connectivity index (χ1v) is 10.9. The molecule has 0 N–H and O–H groups in total. The second kappa shape index (κ2) is 6.66. The zero-order chi connectivity index (χ0) is 16.4. The molecule has 0 radical (unpaired) electrons. The third kappa shape index (κ3) is 4.52. The average molecular weight is 345 g/mol. The maximum Gasteiger partial charge on any atom is 0.330 e. The lowest BCUT2D eigenvalue weighted by atomic mass is 10.1. The van der Waals surface area contributed by atoms with E-state index in [4.69, 9.17) is 0 Å². The zero-order valence-corrected chi connectivity index (χ0v) is 14.8. The summed E-state index contributed by atoms with van der Waals surface area (Å²) in [7, 11) is -6.47. The fourth-order valence-electron chi connectivity index (χ4n) is 2.54. The molecule has 1 aromatic rings. The Morgan fingerprint density at radius 2 is 1.55 bits per heavy atom. The summed E-state index contributed by atoms with van der Waals surface area (Å²) in [5.41, 5.74) is 1.22. The fourth-order valence-corrected chi connectivity index (χ4v) is 5.35. The molecule has 8 heteroatoms. The van der Waals surface area contributed by atoms with Crippen molar-refractivity contribution in [2.75, 3.05) is 38.7 Å². The van der Waals surface area contributed by atoms with E-state index in [0.29, 0.717) is 26.2 Å². The molecule has 1 aromatic carbocycles. The monoisotopic (exact) mass is 345 g/mol. The second-order valence-corrected chi connectivity index (χ2v) is 10.1. The summed E-state index contributed by atoms with van der Waals surface area (Å²) < 4.78 is 40.7. The summed E-state index contributed by atoms with van der Waals surface area (Å²) in [4.78, 5) is 2.25. The van der Waals surface area contributed by atoms with Gasteiger partial charge in [0.2, 0.25) is 0 Å². The Bertz CT molecular complexity index is 709. The predicted molar refractivity (Wildman–Crippen MR) is 89.3 cm³/mol. The molecule has 0 amide bonds. The SMILES string of the molecule is C[C@H](c1ccccc1)N1CCN(S(=O)(=O)N=S(C)(C)=O)CC1. The molecule has 0 bridgehead atoms. The molecule has 124 valence electrons. The largest absolute Gasteiger partial charge is 0.330 e. The van der Waals surface area contributed by atoms with E-state index in [1.54, 1.807) is 0 Å². The standard InChI is InChI=1S/C14H23N3O3S2/c1-13(14-7-5-4-6-8-14)16-9-11-17(12-10-16)22(19,20)15-21(2,3)18/h4-8,13H,9-12H2,1-3H3/t13-/m1/s1. The van der Waals surface area contributed by atoms with Crippen molar-refractivity contribution in [1.82, 2.24) is 9.21 Å². The van der Waals surface area contributed by atoms with E-state index < -0.39 is 19.9 Å². The second-order valence-electron chi connectivity index (χ2n) is 5.76. The number of hydrogen-bond donors (Lipinski definition) is 0. The molecule has 6 nitrogen and oxygen atoms in total. The number of nitrogens with zero attached hydrogens (tertiary/aromatic N) is 3. The lowest BCUT2D eigenvalue weighted by Gasteiger charge is -2.36. The van der Waals surface area contributed by atoms with E-state index in [0.717, 1.165) is 0 Å². The summed E-state index contributed by atoms with van der Waals surface area (Å²) >= 11 is 0. The van der Waals surface area contributed by atoms with Gasteiger partial charge in [-0.1, -0.05) is 34.1 Å². The highest BCUT2D eigenvalue weighted by molar-refractivity contribution is 8.01. The van der Waals surface area contributed by atoms with Crippen LogP contribution in [0.15, 0.2) is 34.1 Å². The number of rotatable bonds is 4. The molecular formula is C14H23N3O3S2. The Balaban J connectivity index is 2.04. The summed E-state index contributed by atoms with van der Waals surface area (Å²) in [5.74, 6) is 0. The van der Waals surface area contributed by atoms with Crippen molar-refractivity contribution in [3.63, 3.8) is 0 Å². The molecule has 22 heavy (non-hydrogen) atoms. The molecule has 2 rings (SSSR count). The van der Waals surface area contributed by atoms with Crippen molar-refractivity contribution in [3.8, 4) is 0 Å². The van der Waals surface area contributed by atoms with Crippen LogP contribution in [-0.2, 0) is 19.9 Å². The highest BCUT2D eigenvalue weighted by Gasteiger charge is 2.29. The van der Waals surface area contributed by atoms with Crippen molar-refractivity contribution in [2.24, 2.45) is 3.77 Å². The van der Waals surface area contributed by atoms with E-state index >= 15 is 0 Å². The van der Waals surface area contributed by atoms with Gasteiger partial charge in [0.15, 0.2) is 0 Å². The predicted octanol–water partition coefficient (Wildman–Crippen LogP) is 1.34. The van der Waals surface area contributed by atoms with Crippen molar-refractivity contribution < 1.29 is 12.6 Å². The fraction of sp³-hybridized carbons (Fsp3) is 0.571. The minimum absolute atomic E-state index is 0.240. The van der Waals surface area contributed by atoms with Crippen LogP contribution in [0.2, 0.25) is 0 Å². The molecular weight excluding hydrogens is 322 g/mol. The van der Waals surface area contributed by atoms with Gasteiger partial charge in [0.1, 0.15) is 0 Å². The Kier molecular flexibility index (Phi) is 5.26. The Morgan fingerprint density at radius 1 is 1.00 bits per heavy atom. The number of hydrogen-bond acceptors (Lipinski definition) is 4. The average Bonchev–Trinajstić information content (AvgIpc) is 2.45. The van der Waals surface area contributed by atoms with Gasteiger partial charge >= 0.3 is 10.2 Å². The molecule has 1 saturated heterocycles. The van der Waals surface area contributed by atoms with Gasteiger partial charge in [-0.3, -0.25) is 4.90 Å². The van der Waals surface area contributed by atoms with Crippen molar-refractivity contribution >= 4 is 19.9 Å². The highest BCUT2D eigenvalue weighted by Crippen LogP contribution is 2.22. The molecule has 1 atom stereocenters. The topological polar surface area (TPSA) is 70.1 Å². The van der Waals surface area contributed by atoms with Crippen LogP contribution in [0.1, 0.15) is 18.5 Å². The van der Waals surface area contributed by atoms with Gasteiger partial charge < -0.3 is 0 Å². The van der Waals surface area contributed by atoms with Crippen LogP contribution in [0, 0.1) is 0 Å². The zero-order valence-electron chi connectivity index (χ0n) is 13.2. The highest BCUT2D eigenvalue weighted by atomic mass is 32.3. The van der Waals surface area contributed by atoms with Crippen LogP contribution in [0.5, 0.6) is 0 Å². The van der Waals surface area contributed by atoms with Crippen molar-refractivity contribution in [3.05, 3.63) is 35.9 Å². The summed E-state index contributed by atoms with van der Waals surface area (Å²) in [5, 5.41) is 0. The summed E-state index contributed by atoms with van der Waals surface area (Å²) in [6.45, 7) is 4.14. The molecule has 1 aliphatic heterocycles. The van der Waals surface area contributed by atoms with E-state index in [2.05, 4.69) is 27.7 Å². The lowest BCUT2D eigenvalue weighted by molar-refractivity contribution is 0.146. The summed E-state index contributed by atoms with van der Waals surface area (Å²) in [6.07, 6.45) is 2.66. The minimum atomic E-state index is -3.80. The Labute approximate surface area is 133 Å². The molecule has 1 heterocycles. The number of piperazine rings is 1. The third-order valence-electron chi connectivity index (χ3n) is 3.70. The van der Waals surface area contributed by atoms with Gasteiger partial charge in [-0.15, -0.1) is 0 Å². The summed E-state index contributed by atoms with van der Waals surface area (Å²) in [6, 6.07) is 10.4. The Hall–Kier alpha value is -0.960. The molecule has 0 aromatic heterocycles. The number of benzene rings is 1. The van der Waals surface area contributed by atoms with E-state index in [1.807, 2.05) is 18.2 Å². The van der Waals surface area contributed by atoms with Crippen LogP contribution in [0.3, 0.4) is 0 Å². The van der Waals surface area contributed by atoms with Crippen LogP contribution in [0.4, 0.5) is 0 Å². The normalized spacial score (nSPS) is 19.8. The van der Waals surface area contributed by atoms with Crippen LogP contribution >= 0.6 is 0 Å².